The van der Waals surface area contributed by atoms with Gasteiger partial charge in [0.1, 0.15) is 5.82 Å². The molecule has 1 saturated heterocycles. The van der Waals surface area contributed by atoms with Crippen molar-refractivity contribution in [2.24, 2.45) is 5.41 Å². The zero-order valence-corrected chi connectivity index (χ0v) is 35.7. The Labute approximate surface area is 329 Å². The molecule has 1 aromatic carbocycles. The maximum Gasteiger partial charge on any atom is 0.128 e. The number of halogens is 1. The summed E-state index contributed by atoms with van der Waals surface area (Å²) in [6, 6.07) is 5.79. The monoisotopic (exact) mass is 748 g/mol. The second kappa shape index (κ2) is 22.8. The Kier molecular flexibility index (Phi) is 19.7. The first-order chi connectivity index (χ1) is 25.0. The lowest BCUT2D eigenvalue weighted by Crippen LogP contribution is -2.42. The summed E-state index contributed by atoms with van der Waals surface area (Å²) in [6.07, 6.45) is 13.4. The number of hydrogen-bond donors (Lipinski definition) is 3. The van der Waals surface area contributed by atoms with Gasteiger partial charge in [-0.3, -0.25) is 0 Å². The van der Waals surface area contributed by atoms with Crippen LogP contribution in [0.3, 0.4) is 0 Å². The predicted octanol–water partition coefficient (Wildman–Crippen LogP) is 12.1. The molecule has 0 aromatic heterocycles. The largest absolute Gasteiger partial charge is 0.383 e. The fraction of sp³-hybridized carbons (Fsp3) is 0.565. The molecule has 3 N–H and O–H groups in total. The highest BCUT2D eigenvalue weighted by Crippen LogP contribution is 2.33. The number of rotatable bonds is 19. The summed E-state index contributed by atoms with van der Waals surface area (Å²) in [5.74, 6) is -0.0890. The second-order valence-electron chi connectivity index (χ2n) is 16.3. The Morgan fingerprint density at radius 3 is 2.23 bits per heavy atom. The van der Waals surface area contributed by atoms with Crippen molar-refractivity contribution in [1.82, 2.24) is 25.2 Å². The van der Waals surface area contributed by atoms with Crippen LogP contribution in [-0.4, -0.2) is 40.2 Å². The zero-order chi connectivity index (χ0) is 39.7. The maximum absolute atomic E-state index is 13.4. The van der Waals surface area contributed by atoms with E-state index in [9.17, 15) is 4.39 Å². The quantitative estimate of drug-likeness (QED) is 0.0967. The zero-order valence-electron chi connectivity index (χ0n) is 34.9. The summed E-state index contributed by atoms with van der Waals surface area (Å²) < 4.78 is 16.9. The average molecular weight is 748 g/mol. The van der Waals surface area contributed by atoms with Crippen LogP contribution in [0.15, 0.2) is 103 Å². The molecule has 296 valence electrons. The molecule has 0 spiro atoms. The average Bonchev–Trinajstić information content (AvgIpc) is 3.60. The molecule has 5 nitrogen and oxygen atoms in total. The van der Waals surface area contributed by atoms with Crippen LogP contribution in [0.1, 0.15) is 131 Å². The molecule has 2 heterocycles. The minimum atomic E-state index is -0.0890. The Hall–Kier alpha value is -3.32. The molecule has 2 fully saturated rings. The van der Waals surface area contributed by atoms with Crippen LogP contribution in [0.2, 0.25) is 0 Å². The molecule has 2 atom stereocenters. The fourth-order valence-corrected chi connectivity index (χ4v) is 7.19. The summed E-state index contributed by atoms with van der Waals surface area (Å²) >= 11 is 1.83. The first-order valence-corrected chi connectivity index (χ1v) is 20.8. The smallest absolute Gasteiger partial charge is 0.128 e. The van der Waals surface area contributed by atoms with E-state index >= 15 is 0 Å². The van der Waals surface area contributed by atoms with Crippen molar-refractivity contribution in [3.8, 4) is 0 Å². The van der Waals surface area contributed by atoms with E-state index in [4.69, 9.17) is 0 Å². The molecule has 4 rings (SSSR count). The van der Waals surface area contributed by atoms with Crippen molar-refractivity contribution in [3.05, 3.63) is 120 Å². The maximum atomic E-state index is 13.4. The van der Waals surface area contributed by atoms with E-state index in [2.05, 4.69) is 126 Å². The van der Waals surface area contributed by atoms with Crippen molar-refractivity contribution < 1.29 is 4.39 Å². The van der Waals surface area contributed by atoms with E-state index in [1.807, 2.05) is 18.0 Å². The Morgan fingerprint density at radius 2 is 1.68 bits per heavy atom. The molecule has 53 heavy (non-hydrogen) atoms. The number of nitrogens with zero attached hydrogens (tertiary/aromatic N) is 2. The van der Waals surface area contributed by atoms with Crippen molar-refractivity contribution in [2.75, 3.05) is 13.1 Å². The van der Waals surface area contributed by atoms with Crippen LogP contribution in [0.5, 0.6) is 0 Å². The van der Waals surface area contributed by atoms with Gasteiger partial charge in [-0.05, 0) is 94.2 Å². The normalized spacial score (nSPS) is 16.5. The lowest BCUT2D eigenvalue weighted by molar-refractivity contribution is 0.328. The van der Waals surface area contributed by atoms with Crippen LogP contribution in [-0.2, 0) is 13.1 Å². The van der Waals surface area contributed by atoms with Crippen LogP contribution < -0.4 is 15.4 Å². The number of hydrogen-bond acceptors (Lipinski definition) is 6. The summed E-state index contributed by atoms with van der Waals surface area (Å²) in [7, 11) is 0. The molecule has 7 heteroatoms. The van der Waals surface area contributed by atoms with Gasteiger partial charge in [0.2, 0.25) is 0 Å². The minimum absolute atomic E-state index is 0.0890. The molecular formula is C46H74FN5S. The van der Waals surface area contributed by atoms with Gasteiger partial charge in [-0.2, -0.15) is 0 Å². The number of allylic oxidation sites excluding steroid dienone is 5. The molecule has 0 bridgehead atoms. The van der Waals surface area contributed by atoms with Crippen LogP contribution in [0.25, 0.3) is 0 Å². The van der Waals surface area contributed by atoms with Crippen molar-refractivity contribution in [2.45, 2.75) is 150 Å². The van der Waals surface area contributed by atoms with Crippen molar-refractivity contribution in [1.29, 1.82) is 0 Å². The molecule has 1 saturated carbocycles. The number of nitrogens with one attached hydrogen (secondary N) is 3. The summed E-state index contributed by atoms with van der Waals surface area (Å²) in [5, 5.41) is 7.98. The molecule has 2 aliphatic heterocycles. The van der Waals surface area contributed by atoms with Gasteiger partial charge in [0.05, 0.1) is 18.6 Å². The lowest BCUT2D eigenvalue weighted by Gasteiger charge is -2.33. The highest BCUT2D eigenvalue weighted by Gasteiger charge is 2.30. The predicted molar refractivity (Wildman–Crippen MR) is 233 cm³/mol. The molecule has 1 aromatic rings. The van der Waals surface area contributed by atoms with Crippen LogP contribution >= 0.6 is 11.9 Å². The van der Waals surface area contributed by atoms with Gasteiger partial charge in [-0.15, -0.1) is 0 Å². The van der Waals surface area contributed by atoms with Gasteiger partial charge in [-0.25, -0.2) is 4.39 Å². The molecular weight excluding hydrogens is 674 g/mol. The third kappa shape index (κ3) is 17.1. The van der Waals surface area contributed by atoms with Crippen molar-refractivity contribution >= 4 is 11.9 Å². The lowest BCUT2D eigenvalue weighted by atomic mass is 9.91. The van der Waals surface area contributed by atoms with E-state index in [1.54, 1.807) is 6.07 Å². The Bertz CT molecular complexity index is 1430. The van der Waals surface area contributed by atoms with Gasteiger partial charge < -0.3 is 25.2 Å². The van der Waals surface area contributed by atoms with Gasteiger partial charge in [0.25, 0.3) is 0 Å². The molecule has 3 aliphatic rings. The van der Waals surface area contributed by atoms with Gasteiger partial charge >= 0.3 is 0 Å². The number of benzene rings is 1. The molecule has 0 radical (unpaired) electrons. The summed E-state index contributed by atoms with van der Waals surface area (Å²) in [4.78, 5) is 4.55. The van der Waals surface area contributed by atoms with E-state index < -0.39 is 0 Å². The standard InChI is InChI=1S/C26H46N4S.C12H14FN.C8H14/c1-9-10-12-24(21(4)29-31-23-14-15-23)28-22(5)25-13-11-16-30(25)20(3)18-27-19(2)17-26(6,7)8;1-3-9(2)14-7-10-5-4-6-12(13)11(10)8-14;1-5-8(4)6-7(2)3/h23-25,27-29H,2-5,9-18H2,1,6-8H3;4-6H,2-3,7-8H2,1H3;6H,4-5H2,1-3H3. The molecule has 0 amide bonds. The number of fused-ring (bicyclic) bond motifs is 1. The third-order valence-electron chi connectivity index (χ3n) is 9.58. The second-order valence-corrected chi connectivity index (χ2v) is 17.4. The van der Waals surface area contributed by atoms with E-state index in [1.165, 1.54) is 49.3 Å². The van der Waals surface area contributed by atoms with Crippen LogP contribution in [0, 0.1) is 11.2 Å². The molecule has 1 aliphatic carbocycles. The Balaban J connectivity index is 0.000000359. The van der Waals surface area contributed by atoms with Crippen LogP contribution in [0.4, 0.5) is 4.39 Å². The highest BCUT2D eigenvalue weighted by atomic mass is 32.2. The van der Waals surface area contributed by atoms with E-state index in [0.29, 0.717) is 6.54 Å². The van der Waals surface area contributed by atoms with Gasteiger partial charge in [0, 0.05) is 58.9 Å². The number of unbranched alkanes of at least 4 members (excludes halogenated alkanes) is 1. The fourth-order valence-electron chi connectivity index (χ4n) is 6.35. The van der Waals surface area contributed by atoms with Crippen molar-refractivity contribution in [3.63, 3.8) is 0 Å². The van der Waals surface area contributed by atoms with Gasteiger partial charge in [0.15, 0.2) is 0 Å². The summed E-state index contributed by atoms with van der Waals surface area (Å²) in [5.41, 5.74) is 10.2. The first kappa shape index (κ1) is 45.8. The SMILES string of the molecule is C=C(C=C(C)C)CC.C=C(CC(C)(C)C)NCC(=C)N1CCCC1C(=C)NC(CCCC)C(=C)NSC1CC1.C=C(CC)N1Cc2cccc(F)c2C1. The first-order valence-electron chi connectivity index (χ1n) is 19.9. The highest BCUT2D eigenvalue weighted by molar-refractivity contribution is 7.98. The topological polar surface area (TPSA) is 42.6 Å². The van der Waals surface area contributed by atoms with E-state index in [0.717, 1.165) is 96.6 Å². The van der Waals surface area contributed by atoms with Gasteiger partial charge in [-0.1, -0.05) is 123 Å². The minimum Gasteiger partial charge on any atom is -0.383 e. The van der Waals surface area contributed by atoms with E-state index in [-0.39, 0.29) is 23.3 Å². The third-order valence-corrected chi connectivity index (χ3v) is 10.8. The number of likely N-dealkylation sites (tertiary alicyclic amines) is 1. The summed E-state index contributed by atoms with van der Waals surface area (Å²) in [6.45, 7) is 45.7. The molecule has 2 unspecified atom stereocenters. The Morgan fingerprint density at radius 1 is 0.981 bits per heavy atom.